The summed E-state index contributed by atoms with van der Waals surface area (Å²) in [6.07, 6.45) is -1.08. The van der Waals surface area contributed by atoms with Crippen LogP contribution in [0.5, 0.6) is 0 Å². The Labute approximate surface area is 117 Å². The maximum atomic E-state index is 13.2. The van der Waals surface area contributed by atoms with E-state index >= 15 is 0 Å². The van der Waals surface area contributed by atoms with E-state index in [1.54, 1.807) is 12.3 Å². The number of hydrogen-bond donors (Lipinski definition) is 2. The van der Waals surface area contributed by atoms with Gasteiger partial charge in [0.15, 0.2) is 0 Å². The van der Waals surface area contributed by atoms with Crippen LogP contribution in [0.2, 0.25) is 0 Å². The van der Waals surface area contributed by atoms with Crippen molar-refractivity contribution in [1.29, 1.82) is 0 Å². The average molecular weight is 282 g/mol. The minimum Gasteiger partial charge on any atom is -0.384 e. The first kappa shape index (κ1) is 14.9. The molecule has 0 aliphatic heterocycles. The lowest BCUT2D eigenvalue weighted by atomic mass is 9.88. The van der Waals surface area contributed by atoms with Crippen LogP contribution in [0, 0.1) is 12.8 Å². The van der Waals surface area contributed by atoms with Crippen LogP contribution in [0.4, 0.5) is 8.78 Å². The topological polar surface area (TPSA) is 48.9 Å². The van der Waals surface area contributed by atoms with Gasteiger partial charge in [-0.3, -0.25) is 4.98 Å². The molecule has 0 saturated heterocycles. The zero-order chi connectivity index (χ0) is 14.9. The van der Waals surface area contributed by atoms with Gasteiger partial charge in [0.2, 0.25) is 0 Å². The lowest BCUT2D eigenvalue weighted by Crippen LogP contribution is -2.41. The summed E-state index contributed by atoms with van der Waals surface area (Å²) in [7, 11) is 0. The third-order valence-electron chi connectivity index (χ3n) is 3.36. The Hall–Kier alpha value is -1.49. The van der Waals surface area contributed by atoms with E-state index < -0.39 is 12.0 Å². The molecule has 0 radical (unpaired) electrons. The Morgan fingerprint density at radius 3 is 2.65 bits per heavy atom. The predicted molar refractivity (Wildman–Crippen MR) is 74.9 cm³/mol. The highest BCUT2D eigenvalue weighted by molar-refractivity contribution is 5.79. The first-order chi connectivity index (χ1) is 9.30. The fourth-order valence-corrected chi connectivity index (χ4v) is 2.56. The van der Waals surface area contributed by atoms with Gasteiger partial charge in [0.05, 0.1) is 0 Å². The molecule has 0 spiro atoms. The molecule has 110 valence electrons. The van der Waals surface area contributed by atoms with Crippen LogP contribution in [0.1, 0.15) is 31.7 Å². The average Bonchev–Trinajstić information content (AvgIpc) is 2.68. The molecule has 2 heterocycles. The number of aliphatic hydroxyl groups is 1. The van der Waals surface area contributed by atoms with E-state index in [1.165, 1.54) is 0 Å². The molecule has 0 aliphatic rings. The molecule has 2 aromatic rings. The van der Waals surface area contributed by atoms with E-state index in [0.717, 1.165) is 16.6 Å². The quantitative estimate of drug-likeness (QED) is 0.882. The number of halogens is 2. The molecule has 0 saturated carbocycles. The number of nitrogens with zero attached hydrogens (tertiary/aromatic N) is 1. The van der Waals surface area contributed by atoms with E-state index in [4.69, 9.17) is 0 Å². The number of alkyl halides is 2. The number of nitrogens with one attached hydrogen (secondary N) is 1. The fourth-order valence-electron chi connectivity index (χ4n) is 2.56. The Balaban J connectivity index is 2.28. The fraction of sp³-hybridized carbons (Fsp3) is 0.533. The summed E-state index contributed by atoms with van der Waals surface area (Å²) in [5, 5.41) is 11.1. The molecule has 0 fully saturated rings. The van der Waals surface area contributed by atoms with Crippen molar-refractivity contribution in [3.05, 3.63) is 29.7 Å². The summed E-state index contributed by atoms with van der Waals surface area (Å²) in [5.41, 5.74) is 0.332. The second kappa shape index (κ2) is 5.48. The summed E-state index contributed by atoms with van der Waals surface area (Å²) < 4.78 is 26.3. The number of pyridine rings is 1. The minimum atomic E-state index is -2.77. The molecule has 5 heteroatoms. The molecule has 2 rings (SSSR count). The van der Waals surface area contributed by atoms with E-state index in [0.29, 0.717) is 5.69 Å². The summed E-state index contributed by atoms with van der Waals surface area (Å²) in [6.45, 7) is 5.52. The zero-order valence-electron chi connectivity index (χ0n) is 12.0. The van der Waals surface area contributed by atoms with Gasteiger partial charge in [-0.15, -0.1) is 0 Å². The largest absolute Gasteiger partial charge is 0.384 e. The highest BCUT2D eigenvalue weighted by atomic mass is 19.3. The van der Waals surface area contributed by atoms with Crippen LogP contribution in [-0.2, 0) is 6.42 Å². The lowest BCUT2D eigenvalue weighted by molar-refractivity contribution is -0.107. The van der Waals surface area contributed by atoms with Gasteiger partial charge in [-0.05, 0) is 31.4 Å². The van der Waals surface area contributed by atoms with E-state index in [9.17, 15) is 13.9 Å². The predicted octanol–water partition coefficient (Wildman–Crippen LogP) is 3.46. The number of aromatic amines is 1. The number of rotatable bonds is 5. The van der Waals surface area contributed by atoms with Gasteiger partial charge in [-0.2, -0.15) is 0 Å². The Morgan fingerprint density at radius 2 is 2.05 bits per heavy atom. The van der Waals surface area contributed by atoms with E-state index in [-0.39, 0.29) is 18.8 Å². The monoisotopic (exact) mass is 282 g/mol. The van der Waals surface area contributed by atoms with Crippen LogP contribution < -0.4 is 0 Å². The van der Waals surface area contributed by atoms with Crippen molar-refractivity contribution in [1.82, 2.24) is 9.97 Å². The number of H-pyrrole nitrogens is 1. The smallest absolute Gasteiger partial charge is 0.267 e. The SMILES string of the molecule is Cc1cc2[nH]c(CC(O)(CC(C)C)C(F)F)cc2cn1. The van der Waals surface area contributed by atoms with Gasteiger partial charge in [0, 0.05) is 34.9 Å². The van der Waals surface area contributed by atoms with Crippen molar-refractivity contribution in [3.8, 4) is 0 Å². The van der Waals surface area contributed by atoms with Crippen molar-refractivity contribution >= 4 is 10.9 Å². The zero-order valence-corrected chi connectivity index (χ0v) is 12.0. The van der Waals surface area contributed by atoms with Crippen molar-refractivity contribution in [2.75, 3.05) is 0 Å². The van der Waals surface area contributed by atoms with Gasteiger partial charge in [0.25, 0.3) is 6.43 Å². The van der Waals surface area contributed by atoms with Crippen molar-refractivity contribution < 1.29 is 13.9 Å². The number of hydrogen-bond acceptors (Lipinski definition) is 2. The molecule has 0 aliphatic carbocycles. The van der Waals surface area contributed by atoms with Crippen LogP contribution in [0.3, 0.4) is 0 Å². The van der Waals surface area contributed by atoms with Crippen molar-refractivity contribution in [3.63, 3.8) is 0 Å². The van der Waals surface area contributed by atoms with Crippen LogP contribution in [-0.4, -0.2) is 27.1 Å². The van der Waals surface area contributed by atoms with Gasteiger partial charge in [-0.25, -0.2) is 8.78 Å². The summed E-state index contributed by atoms with van der Waals surface area (Å²) in [4.78, 5) is 7.26. The molecule has 1 unspecified atom stereocenters. The standard InChI is InChI=1S/C15H20F2N2O/c1-9(2)6-15(20,14(16)17)7-12-5-11-8-18-10(3)4-13(11)19-12/h4-5,8-9,14,19-20H,6-7H2,1-3H3. The summed E-state index contributed by atoms with van der Waals surface area (Å²) in [6, 6.07) is 3.64. The molecule has 0 amide bonds. The van der Waals surface area contributed by atoms with Gasteiger partial charge < -0.3 is 10.1 Å². The molecule has 3 nitrogen and oxygen atoms in total. The molecular formula is C15H20F2N2O. The summed E-state index contributed by atoms with van der Waals surface area (Å²) >= 11 is 0. The van der Waals surface area contributed by atoms with Crippen LogP contribution >= 0.6 is 0 Å². The molecule has 2 aromatic heterocycles. The van der Waals surface area contributed by atoms with Gasteiger partial charge in [0.1, 0.15) is 5.60 Å². The second-order valence-corrected chi connectivity index (χ2v) is 5.89. The van der Waals surface area contributed by atoms with Crippen LogP contribution in [0.15, 0.2) is 18.3 Å². The van der Waals surface area contributed by atoms with Gasteiger partial charge >= 0.3 is 0 Å². The number of fused-ring (bicyclic) bond motifs is 1. The highest BCUT2D eigenvalue weighted by Crippen LogP contribution is 2.29. The Kier molecular flexibility index (Phi) is 4.09. The number of aryl methyl sites for hydroxylation is 1. The normalized spacial score (nSPS) is 15.2. The highest BCUT2D eigenvalue weighted by Gasteiger charge is 2.38. The molecule has 2 N–H and O–H groups in total. The second-order valence-electron chi connectivity index (χ2n) is 5.89. The van der Waals surface area contributed by atoms with E-state index in [2.05, 4.69) is 9.97 Å². The maximum absolute atomic E-state index is 13.2. The van der Waals surface area contributed by atoms with Crippen molar-refractivity contribution in [2.24, 2.45) is 5.92 Å². The Morgan fingerprint density at radius 1 is 1.35 bits per heavy atom. The van der Waals surface area contributed by atoms with Gasteiger partial charge in [-0.1, -0.05) is 13.8 Å². The third kappa shape index (κ3) is 3.15. The third-order valence-corrected chi connectivity index (χ3v) is 3.36. The first-order valence-electron chi connectivity index (χ1n) is 6.75. The van der Waals surface area contributed by atoms with Crippen LogP contribution in [0.25, 0.3) is 10.9 Å². The molecule has 0 bridgehead atoms. The van der Waals surface area contributed by atoms with E-state index in [1.807, 2.05) is 26.8 Å². The van der Waals surface area contributed by atoms with Crippen molar-refractivity contribution in [2.45, 2.75) is 45.6 Å². The molecular weight excluding hydrogens is 262 g/mol. The summed E-state index contributed by atoms with van der Waals surface area (Å²) in [5.74, 6) is 0.00212. The minimum absolute atomic E-state index is 0.00212. The molecule has 20 heavy (non-hydrogen) atoms. The first-order valence-corrected chi connectivity index (χ1v) is 6.75. The lowest BCUT2D eigenvalue weighted by Gasteiger charge is -2.28. The maximum Gasteiger partial charge on any atom is 0.267 e. The molecule has 1 atom stereocenters. The Bertz CT molecular complexity index is 595. The molecule has 0 aromatic carbocycles. The number of aromatic nitrogens is 2.